The average molecular weight is 224 g/mol. The van der Waals surface area contributed by atoms with Crippen molar-refractivity contribution in [1.29, 1.82) is 0 Å². The van der Waals surface area contributed by atoms with Crippen molar-refractivity contribution in [3.63, 3.8) is 0 Å². The first kappa shape index (κ1) is 9.73. The maximum atomic E-state index is 10.6. The summed E-state index contributed by atoms with van der Waals surface area (Å²) in [5.74, 6) is 0. The smallest absolute Gasteiger partial charge is 0.146 e. The highest BCUT2D eigenvalue weighted by Gasteiger charge is 2.16. The Kier molecular flexibility index (Phi) is 2.88. The van der Waals surface area contributed by atoms with Gasteiger partial charge in [-0.15, -0.1) is 11.8 Å². The van der Waals surface area contributed by atoms with Crippen molar-refractivity contribution in [2.24, 2.45) is 0 Å². The van der Waals surface area contributed by atoms with Gasteiger partial charge in [-0.2, -0.15) is 0 Å². The number of carbonyl (C=O) groups excluding carboxylic acids is 1. The topological polar surface area (TPSA) is 42.9 Å². The molecule has 0 aliphatic carbocycles. The van der Waals surface area contributed by atoms with Crippen molar-refractivity contribution < 1.29 is 4.79 Å². The molecule has 0 radical (unpaired) electrons. The fraction of sp³-hybridized carbons (Fsp3) is 0.222. The van der Waals surface area contributed by atoms with Crippen molar-refractivity contribution in [2.75, 3.05) is 6.26 Å². The molecule has 1 aliphatic heterocycles. The number of allylic oxidation sites excluding steroid dienone is 1. The molecule has 5 heteroatoms. The minimum atomic E-state index is 0.627. The lowest BCUT2D eigenvalue weighted by Gasteiger charge is -2.13. The first-order valence-corrected chi connectivity index (χ1v) is 6.14. The lowest BCUT2D eigenvalue weighted by molar-refractivity contribution is -0.105. The van der Waals surface area contributed by atoms with Crippen LogP contribution < -0.4 is 0 Å². The molecular weight excluding hydrogens is 216 g/mol. The first-order valence-electron chi connectivity index (χ1n) is 4.04. The van der Waals surface area contributed by atoms with Crippen LogP contribution in [0.1, 0.15) is 5.69 Å². The van der Waals surface area contributed by atoms with Gasteiger partial charge in [0.25, 0.3) is 0 Å². The number of carbonyl (C=O) groups is 1. The number of rotatable bonds is 2. The molecule has 0 saturated carbocycles. The summed E-state index contributed by atoms with van der Waals surface area (Å²) in [7, 11) is 0. The molecule has 2 rings (SSSR count). The number of thioether (sulfide) groups is 2. The minimum absolute atomic E-state index is 0.627. The molecular formula is C9H8N2OS2. The maximum absolute atomic E-state index is 10.6. The van der Waals surface area contributed by atoms with Crippen LogP contribution in [0.4, 0.5) is 0 Å². The van der Waals surface area contributed by atoms with Crippen LogP contribution in [0.3, 0.4) is 0 Å². The van der Waals surface area contributed by atoms with Crippen molar-refractivity contribution >= 4 is 29.8 Å². The van der Waals surface area contributed by atoms with E-state index in [9.17, 15) is 4.79 Å². The van der Waals surface area contributed by atoms with Gasteiger partial charge < -0.3 is 0 Å². The number of hydrogen-bond acceptors (Lipinski definition) is 5. The summed E-state index contributed by atoms with van der Waals surface area (Å²) in [4.78, 5) is 20.0. The SMILES string of the molecule is CSc1ncnc2c1SC=C(C=O)C2. The Balaban J connectivity index is 2.41. The molecule has 0 aromatic carbocycles. The molecule has 2 heterocycles. The Bertz CT molecular complexity index is 404. The molecule has 14 heavy (non-hydrogen) atoms. The van der Waals surface area contributed by atoms with Crippen LogP contribution in [-0.4, -0.2) is 22.5 Å². The van der Waals surface area contributed by atoms with E-state index >= 15 is 0 Å². The third-order valence-corrected chi connectivity index (χ3v) is 3.80. The summed E-state index contributed by atoms with van der Waals surface area (Å²) in [5, 5.41) is 2.86. The van der Waals surface area contributed by atoms with E-state index in [1.165, 1.54) is 11.8 Å². The van der Waals surface area contributed by atoms with E-state index < -0.39 is 0 Å². The van der Waals surface area contributed by atoms with Gasteiger partial charge in [-0.05, 0) is 11.7 Å². The normalized spacial score (nSPS) is 14.5. The van der Waals surface area contributed by atoms with Crippen LogP contribution in [0.25, 0.3) is 0 Å². The van der Waals surface area contributed by atoms with Gasteiger partial charge in [-0.3, -0.25) is 4.79 Å². The molecule has 1 aromatic heterocycles. The zero-order chi connectivity index (χ0) is 9.97. The molecule has 1 aliphatic rings. The zero-order valence-corrected chi connectivity index (χ0v) is 9.19. The summed E-state index contributed by atoms with van der Waals surface area (Å²) >= 11 is 3.14. The summed E-state index contributed by atoms with van der Waals surface area (Å²) in [6.07, 6.45) is 5.06. The molecule has 0 amide bonds. The molecule has 0 atom stereocenters. The molecule has 0 bridgehead atoms. The molecule has 72 valence electrons. The fourth-order valence-corrected chi connectivity index (χ4v) is 2.89. The highest BCUT2D eigenvalue weighted by atomic mass is 32.2. The van der Waals surface area contributed by atoms with Crippen LogP contribution in [0.2, 0.25) is 0 Å². The predicted octanol–water partition coefficient (Wildman–Crippen LogP) is 1.93. The van der Waals surface area contributed by atoms with Crippen molar-refractivity contribution in [3.05, 3.63) is 23.0 Å². The van der Waals surface area contributed by atoms with E-state index in [2.05, 4.69) is 9.97 Å². The highest BCUT2D eigenvalue weighted by Crippen LogP contribution is 2.35. The van der Waals surface area contributed by atoms with E-state index in [1.807, 2.05) is 11.7 Å². The van der Waals surface area contributed by atoms with Crippen LogP contribution >= 0.6 is 23.5 Å². The van der Waals surface area contributed by atoms with E-state index in [-0.39, 0.29) is 0 Å². The van der Waals surface area contributed by atoms with Gasteiger partial charge in [0.05, 0.1) is 10.6 Å². The van der Waals surface area contributed by atoms with E-state index in [0.29, 0.717) is 6.42 Å². The van der Waals surface area contributed by atoms with Crippen molar-refractivity contribution in [2.45, 2.75) is 16.3 Å². The second-order valence-corrected chi connectivity index (χ2v) is 4.44. The van der Waals surface area contributed by atoms with E-state index in [1.54, 1.807) is 18.1 Å². The second kappa shape index (κ2) is 4.14. The number of aromatic nitrogens is 2. The molecule has 0 N–H and O–H groups in total. The van der Waals surface area contributed by atoms with E-state index in [0.717, 1.165) is 27.5 Å². The quantitative estimate of drug-likeness (QED) is 0.436. The molecule has 1 aromatic rings. The number of nitrogens with zero attached hydrogens (tertiary/aromatic N) is 2. The number of hydrogen-bond donors (Lipinski definition) is 0. The summed E-state index contributed by atoms with van der Waals surface area (Å²) < 4.78 is 0. The molecule has 0 saturated heterocycles. The summed E-state index contributed by atoms with van der Waals surface area (Å²) in [6, 6.07) is 0. The first-order chi connectivity index (χ1) is 6.85. The standard InChI is InChI=1S/C9H8N2OS2/c1-13-9-8-7(10-5-11-9)2-6(3-12)4-14-8/h3-5H,2H2,1H3. The predicted molar refractivity (Wildman–Crippen MR) is 57.5 cm³/mol. The molecule has 0 unspecified atom stereocenters. The van der Waals surface area contributed by atoms with Gasteiger partial charge in [0.15, 0.2) is 0 Å². The van der Waals surface area contributed by atoms with E-state index in [4.69, 9.17) is 0 Å². The fourth-order valence-electron chi connectivity index (χ4n) is 1.22. The lowest BCUT2D eigenvalue weighted by atomic mass is 10.2. The lowest BCUT2D eigenvalue weighted by Crippen LogP contribution is -2.03. The zero-order valence-electron chi connectivity index (χ0n) is 7.56. The van der Waals surface area contributed by atoms with Crippen LogP contribution in [0.5, 0.6) is 0 Å². The Labute approximate surface area is 90.4 Å². The Morgan fingerprint density at radius 1 is 1.57 bits per heavy atom. The van der Waals surface area contributed by atoms with Crippen molar-refractivity contribution in [3.8, 4) is 0 Å². The monoisotopic (exact) mass is 224 g/mol. The minimum Gasteiger partial charge on any atom is -0.298 e. The van der Waals surface area contributed by atoms with Gasteiger partial charge in [0.1, 0.15) is 17.6 Å². The van der Waals surface area contributed by atoms with Gasteiger partial charge in [0, 0.05) is 12.0 Å². The second-order valence-electron chi connectivity index (χ2n) is 2.76. The number of fused-ring (bicyclic) bond motifs is 1. The van der Waals surface area contributed by atoms with Crippen LogP contribution in [0, 0.1) is 0 Å². The largest absolute Gasteiger partial charge is 0.298 e. The summed E-state index contributed by atoms with van der Waals surface area (Å²) in [6.45, 7) is 0. The Morgan fingerprint density at radius 3 is 3.14 bits per heavy atom. The Hall–Kier alpha value is -0.810. The average Bonchev–Trinajstić information content (AvgIpc) is 2.27. The van der Waals surface area contributed by atoms with Crippen LogP contribution in [0.15, 0.2) is 27.2 Å². The van der Waals surface area contributed by atoms with Gasteiger partial charge in [0.2, 0.25) is 0 Å². The third-order valence-electron chi connectivity index (χ3n) is 1.89. The third kappa shape index (κ3) is 1.69. The van der Waals surface area contributed by atoms with Gasteiger partial charge in [-0.25, -0.2) is 9.97 Å². The van der Waals surface area contributed by atoms with Crippen molar-refractivity contribution in [1.82, 2.24) is 9.97 Å². The molecule has 0 fully saturated rings. The maximum Gasteiger partial charge on any atom is 0.146 e. The van der Waals surface area contributed by atoms with Gasteiger partial charge >= 0.3 is 0 Å². The van der Waals surface area contributed by atoms with Gasteiger partial charge in [-0.1, -0.05) is 11.8 Å². The number of aldehydes is 1. The highest BCUT2D eigenvalue weighted by molar-refractivity contribution is 8.03. The van der Waals surface area contributed by atoms with Crippen LogP contribution in [-0.2, 0) is 11.2 Å². The molecule has 0 spiro atoms. The summed E-state index contributed by atoms with van der Waals surface area (Å²) in [5.41, 5.74) is 1.74. The molecule has 3 nitrogen and oxygen atoms in total. The Morgan fingerprint density at radius 2 is 2.43 bits per heavy atom.